The lowest BCUT2D eigenvalue weighted by Gasteiger charge is -2.20. The second-order valence-corrected chi connectivity index (χ2v) is 18.5. The molecule has 1 nitrogen and oxygen atoms in total. The first-order valence-electron chi connectivity index (χ1n) is 22.8. The Morgan fingerprint density at radius 3 is 1.15 bits per heavy atom. The molecule has 12 aromatic carbocycles. The third-order valence-corrected chi connectivity index (χ3v) is 15.1. The standard InChI is InChI=1S/C64H39NS/c1-3-19-40(20-4-1)59-45-24-7-11-28-49(45)61(50-29-12-8-25-46(50)59)53-32-17-35-57-63(53)64-54(33-18-36-58(64)66-57)62-51-30-13-9-26-47(51)60(48-27-10-14-31-52(48)62)41-37-38-44-43-23-15-16-34-55(43)65(56(44)39-41)42-21-5-2-6-22-42/h1-39H. The summed E-state index contributed by atoms with van der Waals surface area (Å²) in [5, 5.41) is 15.2. The van der Waals surface area contributed by atoms with Gasteiger partial charge in [-0.15, -0.1) is 11.3 Å². The highest BCUT2D eigenvalue weighted by Gasteiger charge is 2.24. The Balaban J connectivity index is 1.07. The van der Waals surface area contributed by atoms with Crippen LogP contribution in [0.1, 0.15) is 0 Å². The van der Waals surface area contributed by atoms with Crippen molar-refractivity contribution in [2.75, 3.05) is 0 Å². The number of para-hydroxylation sites is 2. The molecular formula is C64H39NS. The van der Waals surface area contributed by atoms with E-state index in [0.29, 0.717) is 0 Å². The number of fused-ring (bicyclic) bond motifs is 10. The Hall–Kier alpha value is -8.30. The van der Waals surface area contributed by atoms with Crippen molar-refractivity contribution in [2.45, 2.75) is 0 Å². The average Bonchev–Trinajstić information content (AvgIpc) is 3.94. The van der Waals surface area contributed by atoms with Crippen LogP contribution in [0.2, 0.25) is 0 Å². The second-order valence-electron chi connectivity index (χ2n) is 17.4. The van der Waals surface area contributed by atoms with Crippen LogP contribution in [-0.4, -0.2) is 4.57 Å². The van der Waals surface area contributed by atoms with E-state index in [-0.39, 0.29) is 0 Å². The van der Waals surface area contributed by atoms with Gasteiger partial charge in [-0.05, 0) is 124 Å². The van der Waals surface area contributed by atoms with Crippen molar-refractivity contribution in [3.05, 3.63) is 237 Å². The highest BCUT2D eigenvalue weighted by Crippen LogP contribution is 2.52. The first kappa shape index (κ1) is 37.1. The molecule has 2 aromatic heterocycles. The molecule has 0 aliphatic heterocycles. The predicted molar refractivity (Wildman–Crippen MR) is 285 cm³/mol. The summed E-state index contributed by atoms with van der Waals surface area (Å²) in [6.07, 6.45) is 0. The highest BCUT2D eigenvalue weighted by atomic mass is 32.1. The van der Waals surface area contributed by atoms with Gasteiger partial charge in [-0.2, -0.15) is 0 Å². The summed E-state index contributed by atoms with van der Waals surface area (Å²) in [6, 6.07) is 87.7. The summed E-state index contributed by atoms with van der Waals surface area (Å²) < 4.78 is 5.01. The van der Waals surface area contributed by atoms with Gasteiger partial charge in [-0.3, -0.25) is 0 Å². The maximum atomic E-state index is 2.43. The molecule has 0 aliphatic rings. The zero-order valence-electron chi connectivity index (χ0n) is 35.9. The number of thiophene rings is 1. The van der Waals surface area contributed by atoms with Crippen molar-refractivity contribution >= 4 is 96.4 Å². The Labute approximate surface area is 385 Å². The SMILES string of the molecule is c1ccc(-c2c3ccccc3c(-c3cccc4sc5cccc(-c6c7ccccc7c(-c7ccc8c9ccccc9n(-c9ccccc9)c8c7)c7ccccc67)c5c34)c3ccccc23)cc1. The molecule has 14 rings (SSSR count). The lowest BCUT2D eigenvalue weighted by molar-refractivity contribution is 1.18. The van der Waals surface area contributed by atoms with E-state index in [4.69, 9.17) is 0 Å². The number of hydrogen-bond acceptors (Lipinski definition) is 1. The van der Waals surface area contributed by atoms with Gasteiger partial charge in [0.15, 0.2) is 0 Å². The monoisotopic (exact) mass is 853 g/mol. The van der Waals surface area contributed by atoms with Crippen LogP contribution in [0.15, 0.2) is 237 Å². The van der Waals surface area contributed by atoms with Crippen LogP contribution in [-0.2, 0) is 0 Å². The van der Waals surface area contributed by atoms with E-state index in [1.165, 1.54) is 130 Å². The summed E-state index contributed by atoms with van der Waals surface area (Å²) in [4.78, 5) is 0. The molecule has 0 aliphatic carbocycles. The smallest absolute Gasteiger partial charge is 0.0547 e. The first-order chi connectivity index (χ1) is 32.8. The summed E-state index contributed by atoms with van der Waals surface area (Å²) in [7, 11) is 0. The molecule has 0 bridgehead atoms. The normalized spacial score (nSPS) is 11.9. The van der Waals surface area contributed by atoms with Crippen LogP contribution < -0.4 is 0 Å². The molecule has 2 heterocycles. The first-order valence-corrected chi connectivity index (χ1v) is 23.6. The molecule has 0 unspecified atom stereocenters. The van der Waals surface area contributed by atoms with Gasteiger partial charge in [0, 0.05) is 36.6 Å². The topological polar surface area (TPSA) is 4.93 Å². The van der Waals surface area contributed by atoms with Crippen molar-refractivity contribution in [3.8, 4) is 50.2 Å². The van der Waals surface area contributed by atoms with E-state index in [1.54, 1.807) is 0 Å². The average molecular weight is 854 g/mol. The van der Waals surface area contributed by atoms with Crippen molar-refractivity contribution in [1.82, 2.24) is 4.57 Å². The molecule has 0 saturated carbocycles. The van der Waals surface area contributed by atoms with Gasteiger partial charge >= 0.3 is 0 Å². The van der Waals surface area contributed by atoms with Gasteiger partial charge in [0.05, 0.1) is 11.0 Å². The minimum Gasteiger partial charge on any atom is -0.309 e. The van der Waals surface area contributed by atoms with E-state index in [0.717, 1.165) is 5.69 Å². The lowest BCUT2D eigenvalue weighted by Crippen LogP contribution is -1.94. The fourth-order valence-corrected chi connectivity index (χ4v) is 12.5. The number of nitrogens with zero attached hydrogens (tertiary/aromatic N) is 1. The molecule has 14 aromatic rings. The molecule has 0 saturated heterocycles. The van der Waals surface area contributed by atoms with E-state index < -0.39 is 0 Å². The predicted octanol–water partition coefficient (Wildman–Crippen LogP) is 18.4. The molecule has 306 valence electrons. The number of hydrogen-bond donors (Lipinski definition) is 0. The Morgan fingerprint density at radius 1 is 0.258 bits per heavy atom. The van der Waals surface area contributed by atoms with E-state index in [1.807, 2.05) is 11.3 Å². The molecule has 0 N–H and O–H groups in total. The zero-order chi connectivity index (χ0) is 43.3. The summed E-state index contributed by atoms with van der Waals surface area (Å²) in [5.74, 6) is 0. The molecule has 0 fully saturated rings. The third kappa shape index (κ3) is 5.40. The molecule has 66 heavy (non-hydrogen) atoms. The number of aromatic nitrogens is 1. The Bertz CT molecular complexity index is 4160. The van der Waals surface area contributed by atoms with Gasteiger partial charge in [0.25, 0.3) is 0 Å². The van der Waals surface area contributed by atoms with Gasteiger partial charge in [-0.1, -0.05) is 200 Å². The Morgan fingerprint density at radius 2 is 0.652 bits per heavy atom. The van der Waals surface area contributed by atoms with Crippen molar-refractivity contribution < 1.29 is 0 Å². The zero-order valence-corrected chi connectivity index (χ0v) is 36.7. The van der Waals surface area contributed by atoms with Crippen molar-refractivity contribution in [3.63, 3.8) is 0 Å². The summed E-state index contributed by atoms with van der Waals surface area (Å²) in [5.41, 5.74) is 13.7. The molecule has 2 heteroatoms. The number of benzene rings is 12. The third-order valence-electron chi connectivity index (χ3n) is 14.0. The molecular weight excluding hydrogens is 815 g/mol. The number of rotatable bonds is 5. The van der Waals surface area contributed by atoms with Gasteiger partial charge in [-0.25, -0.2) is 0 Å². The van der Waals surface area contributed by atoms with E-state index in [2.05, 4.69) is 241 Å². The van der Waals surface area contributed by atoms with Crippen LogP contribution in [0.4, 0.5) is 0 Å². The highest BCUT2D eigenvalue weighted by molar-refractivity contribution is 7.26. The lowest BCUT2D eigenvalue weighted by atomic mass is 9.83. The largest absolute Gasteiger partial charge is 0.309 e. The molecule has 0 amide bonds. The van der Waals surface area contributed by atoms with Crippen LogP contribution in [0.25, 0.3) is 135 Å². The minimum atomic E-state index is 1.16. The Kier molecular flexibility index (Phi) is 8.22. The van der Waals surface area contributed by atoms with Crippen molar-refractivity contribution in [2.24, 2.45) is 0 Å². The second kappa shape index (κ2) is 14.6. The fraction of sp³-hybridized carbons (Fsp3) is 0. The van der Waals surface area contributed by atoms with Crippen LogP contribution >= 0.6 is 11.3 Å². The maximum Gasteiger partial charge on any atom is 0.0547 e. The van der Waals surface area contributed by atoms with Gasteiger partial charge < -0.3 is 4.57 Å². The molecule has 0 spiro atoms. The van der Waals surface area contributed by atoms with Crippen LogP contribution in [0, 0.1) is 0 Å². The maximum absolute atomic E-state index is 2.43. The van der Waals surface area contributed by atoms with E-state index >= 15 is 0 Å². The summed E-state index contributed by atoms with van der Waals surface area (Å²) >= 11 is 1.90. The van der Waals surface area contributed by atoms with Crippen LogP contribution in [0.5, 0.6) is 0 Å². The quantitative estimate of drug-likeness (QED) is 0.152. The van der Waals surface area contributed by atoms with Crippen LogP contribution in [0.3, 0.4) is 0 Å². The van der Waals surface area contributed by atoms with Crippen molar-refractivity contribution in [1.29, 1.82) is 0 Å². The molecule has 0 atom stereocenters. The fourth-order valence-electron chi connectivity index (χ4n) is 11.3. The van der Waals surface area contributed by atoms with E-state index in [9.17, 15) is 0 Å². The summed E-state index contributed by atoms with van der Waals surface area (Å²) in [6.45, 7) is 0. The molecule has 0 radical (unpaired) electrons. The minimum absolute atomic E-state index is 1.16. The van der Waals surface area contributed by atoms with Gasteiger partial charge in [0.1, 0.15) is 0 Å². The van der Waals surface area contributed by atoms with Gasteiger partial charge in [0.2, 0.25) is 0 Å².